The van der Waals surface area contributed by atoms with Crippen LogP contribution in [0.5, 0.6) is 0 Å². The highest BCUT2D eigenvalue weighted by Crippen LogP contribution is 2.28. The Morgan fingerprint density at radius 2 is 2.08 bits per heavy atom. The molecule has 5 nitrogen and oxygen atoms in total. The molecule has 1 rings (SSSR count). The maximum absolute atomic E-state index is 10.8. The summed E-state index contributed by atoms with van der Waals surface area (Å²) in [6.07, 6.45) is -1.35. The lowest BCUT2D eigenvalue weighted by molar-refractivity contribution is -0.118. The van der Waals surface area contributed by atoms with Crippen LogP contribution in [0.15, 0.2) is 11.5 Å². The molecule has 0 aromatic heterocycles. The van der Waals surface area contributed by atoms with Gasteiger partial charge in [-0.25, -0.2) is 0 Å². The first-order chi connectivity index (χ1) is 5.57. The highest BCUT2D eigenvalue weighted by molar-refractivity contribution is 5.96. The number of Topliss-reactive ketones (excluding diaryl/α,β-unsaturated/α-hetero) is 1. The van der Waals surface area contributed by atoms with Crippen LogP contribution in [0.2, 0.25) is 0 Å². The van der Waals surface area contributed by atoms with Crippen molar-refractivity contribution in [2.24, 2.45) is 5.92 Å². The minimum absolute atomic E-state index is 0.153. The molecule has 0 bridgehead atoms. The largest absolute Gasteiger partial charge is 0.508 e. The van der Waals surface area contributed by atoms with Crippen LogP contribution >= 0.6 is 0 Å². The summed E-state index contributed by atoms with van der Waals surface area (Å²) in [6.45, 7) is -0.546. The van der Waals surface area contributed by atoms with Crippen molar-refractivity contribution in [2.45, 2.75) is 12.5 Å². The zero-order valence-corrected chi connectivity index (χ0v) is 6.27. The summed E-state index contributed by atoms with van der Waals surface area (Å²) in [5.41, 5.74) is 0. The molecule has 0 fully saturated rings. The second kappa shape index (κ2) is 3.12. The standard InChI is InChI=1S/C7H10O5/c8-2-5(10)3-1-4(9)7(12)6(3)11/h3,5,8,10-12H,1-2H2/t3?,5-/m0/s1. The number of rotatable bonds is 2. The molecule has 0 aliphatic heterocycles. The lowest BCUT2D eigenvalue weighted by atomic mass is 10.0. The van der Waals surface area contributed by atoms with Crippen molar-refractivity contribution in [2.75, 3.05) is 6.61 Å². The maximum Gasteiger partial charge on any atom is 0.201 e. The van der Waals surface area contributed by atoms with Gasteiger partial charge in [0.05, 0.1) is 18.6 Å². The van der Waals surface area contributed by atoms with Gasteiger partial charge in [0.25, 0.3) is 0 Å². The molecular formula is C7H10O5. The first kappa shape index (κ1) is 9.02. The Kier molecular flexibility index (Phi) is 2.35. The van der Waals surface area contributed by atoms with E-state index < -0.39 is 35.9 Å². The molecule has 5 heteroatoms. The van der Waals surface area contributed by atoms with Crippen LogP contribution in [0.25, 0.3) is 0 Å². The molecule has 0 spiro atoms. The smallest absolute Gasteiger partial charge is 0.201 e. The minimum atomic E-state index is -1.20. The molecule has 0 aromatic carbocycles. The Morgan fingerprint density at radius 3 is 2.42 bits per heavy atom. The second-order valence-corrected chi connectivity index (χ2v) is 2.72. The topological polar surface area (TPSA) is 98.0 Å². The first-order valence-corrected chi connectivity index (χ1v) is 3.52. The summed E-state index contributed by atoms with van der Waals surface area (Å²) in [6, 6.07) is 0. The normalized spacial score (nSPS) is 26.5. The summed E-state index contributed by atoms with van der Waals surface area (Å²) in [5, 5.41) is 35.5. The van der Waals surface area contributed by atoms with Gasteiger partial charge in [-0.15, -0.1) is 0 Å². The molecule has 0 heterocycles. The molecule has 2 atom stereocenters. The number of ketones is 1. The van der Waals surface area contributed by atoms with Crippen LogP contribution in [-0.4, -0.2) is 38.9 Å². The van der Waals surface area contributed by atoms with Gasteiger partial charge in [-0.05, 0) is 0 Å². The Labute approximate surface area is 68.6 Å². The lowest BCUT2D eigenvalue weighted by Gasteiger charge is -2.13. The Bertz CT molecular complexity index is 232. The van der Waals surface area contributed by atoms with Crippen molar-refractivity contribution in [1.82, 2.24) is 0 Å². The van der Waals surface area contributed by atoms with Gasteiger partial charge in [0.15, 0.2) is 5.76 Å². The molecule has 1 aliphatic carbocycles. The second-order valence-electron chi connectivity index (χ2n) is 2.72. The number of hydrogen-bond donors (Lipinski definition) is 4. The van der Waals surface area contributed by atoms with Gasteiger partial charge in [-0.2, -0.15) is 0 Å². The quantitative estimate of drug-likeness (QED) is 0.442. The van der Waals surface area contributed by atoms with Gasteiger partial charge < -0.3 is 20.4 Å². The van der Waals surface area contributed by atoms with E-state index in [1.807, 2.05) is 0 Å². The van der Waals surface area contributed by atoms with E-state index in [-0.39, 0.29) is 6.42 Å². The van der Waals surface area contributed by atoms with E-state index in [1.165, 1.54) is 0 Å². The summed E-state index contributed by atoms with van der Waals surface area (Å²) in [4.78, 5) is 10.8. The van der Waals surface area contributed by atoms with Crippen molar-refractivity contribution in [3.63, 3.8) is 0 Å². The zero-order valence-electron chi connectivity index (χ0n) is 6.27. The third-order valence-electron chi connectivity index (χ3n) is 1.91. The van der Waals surface area contributed by atoms with Crippen LogP contribution in [-0.2, 0) is 4.79 Å². The number of aliphatic hydroxyl groups is 4. The SMILES string of the molecule is O=C1CC([C@@H](O)CO)C(O)=C1O. The van der Waals surface area contributed by atoms with E-state index in [2.05, 4.69) is 0 Å². The molecule has 0 aromatic rings. The van der Waals surface area contributed by atoms with Gasteiger partial charge in [-0.1, -0.05) is 0 Å². The zero-order chi connectivity index (χ0) is 9.30. The van der Waals surface area contributed by atoms with Crippen LogP contribution < -0.4 is 0 Å². The van der Waals surface area contributed by atoms with Gasteiger partial charge in [0.1, 0.15) is 5.76 Å². The molecular weight excluding hydrogens is 164 g/mol. The van der Waals surface area contributed by atoms with Crippen molar-refractivity contribution in [3.8, 4) is 0 Å². The Balaban J connectivity index is 2.80. The van der Waals surface area contributed by atoms with E-state index in [9.17, 15) is 4.79 Å². The average Bonchev–Trinajstić information content (AvgIpc) is 2.32. The van der Waals surface area contributed by atoms with Gasteiger partial charge in [-0.3, -0.25) is 4.79 Å². The van der Waals surface area contributed by atoms with Gasteiger partial charge in [0, 0.05) is 6.42 Å². The number of carbonyl (C=O) groups excluding carboxylic acids is 1. The first-order valence-electron chi connectivity index (χ1n) is 3.52. The molecule has 1 unspecified atom stereocenters. The van der Waals surface area contributed by atoms with Crippen molar-refractivity contribution in [1.29, 1.82) is 0 Å². The molecule has 0 saturated carbocycles. The number of allylic oxidation sites excluding steroid dienone is 1. The number of aliphatic hydroxyl groups excluding tert-OH is 4. The fraction of sp³-hybridized carbons (Fsp3) is 0.571. The highest BCUT2D eigenvalue weighted by atomic mass is 16.3. The molecule has 12 heavy (non-hydrogen) atoms. The lowest BCUT2D eigenvalue weighted by Crippen LogP contribution is -2.24. The van der Waals surface area contributed by atoms with Crippen molar-refractivity contribution in [3.05, 3.63) is 11.5 Å². The van der Waals surface area contributed by atoms with Crippen molar-refractivity contribution >= 4 is 5.78 Å². The van der Waals surface area contributed by atoms with Crippen LogP contribution in [0.4, 0.5) is 0 Å². The highest BCUT2D eigenvalue weighted by Gasteiger charge is 2.36. The van der Waals surface area contributed by atoms with E-state index in [1.54, 1.807) is 0 Å². The predicted molar refractivity (Wildman–Crippen MR) is 38.5 cm³/mol. The van der Waals surface area contributed by atoms with E-state index >= 15 is 0 Å². The van der Waals surface area contributed by atoms with E-state index in [0.29, 0.717) is 0 Å². The summed E-state index contributed by atoms with van der Waals surface area (Å²) >= 11 is 0. The minimum Gasteiger partial charge on any atom is -0.508 e. The van der Waals surface area contributed by atoms with Crippen molar-refractivity contribution < 1.29 is 25.2 Å². The summed E-state index contributed by atoms with van der Waals surface area (Å²) in [7, 11) is 0. The van der Waals surface area contributed by atoms with Crippen LogP contribution in [0.3, 0.4) is 0 Å². The molecule has 0 radical (unpaired) electrons. The van der Waals surface area contributed by atoms with Gasteiger partial charge >= 0.3 is 0 Å². The Hall–Kier alpha value is -1.07. The fourth-order valence-corrected chi connectivity index (χ4v) is 1.16. The molecule has 0 amide bonds. The fourth-order valence-electron chi connectivity index (χ4n) is 1.16. The van der Waals surface area contributed by atoms with Crippen LogP contribution in [0, 0.1) is 5.92 Å². The van der Waals surface area contributed by atoms with Gasteiger partial charge in [0.2, 0.25) is 5.78 Å². The third-order valence-corrected chi connectivity index (χ3v) is 1.91. The number of carbonyl (C=O) groups is 1. The predicted octanol–water partition coefficient (Wildman–Crippen LogP) is -0.744. The van der Waals surface area contributed by atoms with Crippen LogP contribution in [0.1, 0.15) is 6.42 Å². The molecule has 1 aliphatic rings. The van der Waals surface area contributed by atoms with E-state index in [0.717, 1.165) is 0 Å². The molecule has 68 valence electrons. The molecule has 4 N–H and O–H groups in total. The monoisotopic (exact) mass is 174 g/mol. The molecule has 0 saturated heterocycles. The average molecular weight is 174 g/mol. The third kappa shape index (κ3) is 1.28. The summed E-state index contributed by atoms with van der Waals surface area (Å²) in [5.74, 6) is -2.69. The van der Waals surface area contributed by atoms with E-state index in [4.69, 9.17) is 20.4 Å². The summed E-state index contributed by atoms with van der Waals surface area (Å²) < 4.78 is 0. The Morgan fingerprint density at radius 1 is 1.50 bits per heavy atom. The maximum atomic E-state index is 10.8. The number of hydrogen-bond acceptors (Lipinski definition) is 5.